The first-order valence-electron chi connectivity index (χ1n) is 5.31. The predicted molar refractivity (Wildman–Crippen MR) is 88.8 cm³/mol. The van der Waals surface area contributed by atoms with Crippen LogP contribution < -0.4 is 5.56 Å². The van der Waals surface area contributed by atoms with Crippen LogP contribution in [0.4, 0.5) is 0 Å². The zero-order valence-electron chi connectivity index (χ0n) is 10.1. The molecule has 0 bridgehead atoms. The van der Waals surface area contributed by atoms with E-state index in [1.807, 2.05) is 47.7 Å². The van der Waals surface area contributed by atoms with E-state index in [-0.39, 0.29) is 38.3 Å². The van der Waals surface area contributed by atoms with Crippen molar-refractivity contribution in [3.8, 4) is 11.3 Å². The molecule has 0 N–H and O–H groups in total. The summed E-state index contributed by atoms with van der Waals surface area (Å²) >= 11 is 8.98. The van der Waals surface area contributed by atoms with E-state index < -0.39 is 0 Å². The van der Waals surface area contributed by atoms with Crippen molar-refractivity contribution in [2.24, 2.45) is 0 Å². The molecule has 2 nitrogen and oxygen atoms in total. The first-order valence-corrected chi connectivity index (χ1v) is 7.97. The molecule has 6 heteroatoms. The van der Waals surface area contributed by atoms with Gasteiger partial charge in [-0.1, -0.05) is 49.2 Å². The van der Waals surface area contributed by atoms with Crippen molar-refractivity contribution in [1.82, 2.24) is 4.57 Å². The molecule has 19 heavy (non-hydrogen) atoms. The van der Waals surface area contributed by atoms with Gasteiger partial charge >= 0.3 is 0 Å². The summed E-state index contributed by atoms with van der Waals surface area (Å²) in [4.78, 5) is 12.1. The number of nitrogens with zero attached hydrogens (tertiary/aromatic N) is 1. The van der Waals surface area contributed by atoms with Crippen LogP contribution in [0.1, 0.15) is 6.92 Å². The Morgan fingerprint density at radius 3 is 2.63 bits per heavy atom. The molecule has 0 spiro atoms. The fourth-order valence-electron chi connectivity index (χ4n) is 1.71. The van der Waals surface area contributed by atoms with Crippen LogP contribution in [0.15, 0.2) is 38.0 Å². The number of halogens is 3. The van der Waals surface area contributed by atoms with Crippen LogP contribution >= 0.6 is 54.5 Å². The number of rotatable bonds is 2. The van der Waals surface area contributed by atoms with Crippen molar-refractivity contribution in [2.75, 3.05) is 0 Å². The van der Waals surface area contributed by atoms with Gasteiger partial charge in [-0.05, 0) is 21.0 Å². The van der Waals surface area contributed by atoms with Gasteiger partial charge in [-0.3, -0.25) is 4.79 Å². The summed E-state index contributed by atoms with van der Waals surface area (Å²) in [5.41, 5.74) is 1.80. The molecule has 0 unspecified atom stereocenters. The number of aromatic nitrogens is 1. The summed E-state index contributed by atoms with van der Waals surface area (Å²) in [6.45, 7) is 2.59. The average Bonchev–Trinajstić information content (AvgIpc) is 2.33. The van der Waals surface area contributed by atoms with Gasteiger partial charge in [0, 0.05) is 43.7 Å². The fraction of sp³-hybridized carbons (Fsp3) is 0.154. The van der Waals surface area contributed by atoms with Gasteiger partial charge in [0.15, 0.2) is 0 Å². The largest absolute Gasteiger partial charge is 0.342 e. The fourth-order valence-corrected chi connectivity index (χ4v) is 3.39. The molecule has 0 saturated heterocycles. The Kier molecular flexibility index (Phi) is 7.42. The third-order valence-electron chi connectivity index (χ3n) is 2.56. The molecule has 1 heterocycles. The Morgan fingerprint density at radius 2 is 2.05 bits per heavy atom. The Hall–Kier alpha value is 0.964. The molecule has 1 aromatic heterocycles. The zero-order valence-corrected chi connectivity index (χ0v) is 18.3. The van der Waals surface area contributed by atoms with Crippen molar-refractivity contribution in [2.45, 2.75) is 13.5 Å². The van der Waals surface area contributed by atoms with Crippen molar-refractivity contribution < 1.29 is 32.7 Å². The Balaban J connectivity index is 0.00000180. The van der Waals surface area contributed by atoms with Crippen LogP contribution in [0.5, 0.6) is 0 Å². The minimum absolute atomic E-state index is 0. The second-order valence-corrected chi connectivity index (χ2v) is 6.59. The molecule has 2 aromatic rings. The van der Waals surface area contributed by atoms with Crippen molar-refractivity contribution in [3.63, 3.8) is 0 Å². The van der Waals surface area contributed by atoms with Gasteiger partial charge in [0.2, 0.25) is 5.56 Å². The number of benzene rings is 1. The van der Waals surface area contributed by atoms with Gasteiger partial charge < -0.3 is 4.57 Å². The molecule has 0 aliphatic heterocycles. The summed E-state index contributed by atoms with van der Waals surface area (Å²) in [7, 11) is 0. The molecule has 0 aliphatic carbocycles. The van der Waals surface area contributed by atoms with Gasteiger partial charge in [0.05, 0.1) is 0 Å². The third-order valence-corrected chi connectivity index (χ3v) is 4.48. The Bertz CT molecular complexity index is 658. The maximum Gasteiger partial charge on any atom is 0.207 e. The van der Waals surface area contributed by atoms with Crippen LogP contribution in [0.2, 0.25) is 0 Å². The van der Waals surface area contributed by atoms with E-state index >= 15 is 0 Å². The van der Waals surface area contributed by atoms with E-state index in [1.165, 1.54) is 0 Å². The van der Waals surface area contributed by atoms with E-state index in [2.05, 4.69) is 37.9 Å². The minimum Gasteiger partial charge on any atom is -0.342 e. The van der Waals surface area contributed by atoms with Crippen molar-refractivity contribution >= 4 is 54.5 Å². The summed E-state index contributed by atoms with van der Waals surface area (Å²) in [5, 5.41) is 0. The number of hydrogen-bond donors (Lipinski definition) is 0. The summed E-state index contributed by atoms with van der Waals surface area (Å²) in [5.74, 6) is 0. The average molecular weight is 571 g/mol. The van der Waals surface area contributed by atoms with Gasteiger partial charge in [-0.2, -0.15) is 12.1 Å². The van der Waals surface area contributed by atoms with Gasteiger partial charge in [0.1, 0.15) is 0 Å². The second kappa shape index (κ2) is 7.83. The zero-order chi connectivity index (χ0) is 13.3. The van der Waals surface area contributed by atoms with Crippen molar-refractivity contribution in [1.29, 1.82) is 0 Å². The van der Waals surface area contributed by atoms with E-state index in [4.69, 9.17) is 0 Å². The standard InChI is InChI=1S/C13H9Br2INO.Y/c1-2-17-12(6-5-11(16)13(17)18)9-4-3-8(14)7-10(9)15;/h3-5,7H,2H2,1H3;/q-1;. The van der Waals surface area contributed by atoms with Crippen LogP contribution in [0.25, 0.3) is 11.3 Å². The van der Waals surface area contributed by atoms with Crippen LogP contribution in [0.3, 0.4) is 0 Å². The third kappa shape index (κ3) is 3.99. The van der Waals surface area contributed by atoms with Gasteiger partial charge in [-0.15, -0.1) is 28.7 Å². The summed E-state index contributed by atoms with van der Waals surface area (Å²) in [6, 6.07) is 10.8. The maximum absolute atomic E-state index is 12.1. The minimum atomic E-state index is 0. The SMILES string of the molecule is CCn1c(-c2ccc(Br)cc2Br)[c-]cc(I)c1=O.[Y]. The Labute approximate surface area is 167 Å². The smallest absolute Gasteiger partial charge is 0.207 e. The molecule has 0 fully saturated rings. The monoisotopic (exact) mass is 569 g/mol. The van der Waals surface area contributed by atoms with Crippen LogP contribution in [-0.2, 0) is 39.3 Å². The maximum atomic E-state index is 12.1. The number of hydrogen-bond acceptors (Lipinski definition) is 1. The van der Waals surface area contributed by atoms with E-state index in [0.29, 0.717) is 10.1 Å². The van der Waals surface area contributed by atoms with E-state index in [0.717, 1.165) is 20.2 Å². The Morgan fingerprint density at radius 1 is 1.37 bits per heavy atom. The molecule has 2 rings (SSSR count). The van der Waals surface area contributed by atoms with Crippen LogP contribution in [0, 0.1) is 9.64 Å². The molecule has 1 aromatic carbocycles. The molecular weight excluding hydrogens is 562 g/mol. The summed E-state index contributed by atoms with van der Waals surface area (Å²) in [6.07, 6.45) is 0. The van der Waals surface area contributed by atoms with E-state index in [1.54, 1.807) is 10.6 Å². The topological polar surface area (TPSA) is 22.0 Å². The first-order chi connectivity index (χ1) is 8.54. The number of pyridine rings is 1. The van der Waals surface area contributed by atoms with E-state index in [9.17, 15) is 4.79 Å². The molecular formula is C13H9Br2INOY-. The second-order valence-electron chi connectivity index (χ2n) is 3.66. The molecule has 0 saturated carbocycles. The van der Waals surface area contributed by atoms with Crippen molar-refractivity contribution in [3.05, 3.63) is 53.2 Å². The van der Waals surface area contributed by atoms with Crippen LogP contribution in [-0.4, -0.2) is 4.57 Å². The molecule has 0 amide bonds. The first kappa shape index (κ1) is 18.0. The molecule has 97 valence electrons. The van der Waals surface area contributed by atoms with Gasteiger partial charge in [0.25, 0.3) is 0 Å². The quantitative estimate of drug-likeness (QED) is 0.386. The van der Waals surface area contributed by atoms with Gasteiger partial charge in [-0.25, -0.2) is 0 Å². The normalized spacial score (nSPS) is 10.1. The molecule has 0 aliphatic rings. The molecule has 1 radical (unpaired) electrons. The predicted octanol–water partition coefficient (Wildman–Crippen LogP) is 4.46. The summed E-state index contributed by atoms with van der Waals surface area (Å²) < 4.78 is 4.35. The molecule has 0 atom stereocenters.